The molecule has 1 aromatic heterocycles. The molecule has 1 heterocycles. The molecule has 0 spiro atoms. The summed E-state index contributed by atoms with van der Waals surface area (Å²) < 4.78 is 0. The number of aromatic amines is 1. The number of anilines is 2. The van der Waals surface area contributed by atoms with Crippen LogP contribution in [0, 0.1) is 5.92 Å². The number of hydrogen-bond donors (Lipinski definition) is 3. The molecule has 0 bridgehead atoms. The molecule has 0 saturated heterocycles. The van der Waals surface area contributed by atoms with Crippen molar-refractivity contribution in [2.45, 2.75) is 13.8 Å². The van der Waals surface area contributed by atoms with Crippen molar-refractivity contribution in [1.29, 1.82) is 0 Å². The number of aromatic nitrogens is 2. The Kier molecular flexibility index (Phi) is 2.85. The molecule has 0 aliphatic rings. The molecule has 1 aromatic rings. The van der Waals surface area contributed by atoms with E-state index in [0.717, 1.165) is 0 Å². The Hall–Kier alpha value is -1.85. The highest BCUT2D eigenvalue weighted by atomic mass is 16.2. The average Bonchev–Trinajstić information content (AvgIpc) is 2.11. The molecule has 76 valence electrons. The Bertz CT molecular complexity index is 397. The Morgan fingerprint density at radius 2 is 2.29 bits per heavy atom. The molecule has 0 aromatic carbocycles. The Morgan fingerprint density at radius 3 is 2.79 bits per heavy atom. The molecule has 14 heavy (non-hydrogen) atoms. The summed E-state index contributed by atoms with van der Waals surface area (Å²) in [5.41, 5.74) is 4.98. The maximum atomic E-state index is 11.3. The van der Waals surface area contributed by atoms with Crippen LogP contribution in [0.5, 0.6) is 0 Å². The van der Waals surface area contributed by atoms with Gasteiger partial charge in [-0.15, -0.1) is 0 Å². The zero-order valence-corrected chi connectivity index (χ0v) is 8.00. The van der Waals surface area contributed by atoms with Gasteiger partial charge in [-0.05, 0) is 0 Å². The van der Waals surface area contributed by atoms with Crippen LogP contribution in [0.3, 0.4) is 0 Å². The minimum Gasteiger partial charge on any atom is -0.382 e. The second-order valence-electron chi connectivity index (χ2n) is 3.14. The summed E-state index contributed by atoms with van der Waals surface area (Å²) >= 11 is 0. The lowest BCUT2D eigenvalue weighted by molar-refractivity contribution is -0.118. The van der Waals surface area contributed by atoms with E-state index in [1.807, 2.05) is 0 Å². The predicted octanol–water partition coefficient (Wildman–Crippen LogP) is -0.0534. The molecule has 1 amide bonds. The first-order chi connectivity index (χ1) is 6.52. The van der Waals surface area contributed by atoms with E-state index in [1.54, 1.807) is 13.8 Å². The van der Waals surface area contributed by atoms with Crippen molar-refractivity contribution in [3.05, 3.63) is 16.7 Å². The summed E-state index contributed by atoms with van der Waals surface area (Å²) in [7, 11) is 0. The van der Waals surface area contributed by atoms with Gasteiger partial charge in [-0.2, -0.15) is 0 Å². The van der Waals surface area contributed by atoms with Gasteiger partial charge in [-0.25, -0.2) is 4.98 Å². The van der Waals surface area contributed by atoms with E-state index in [1.165, 1.54) is 6.33 Å². The van der Waals surface area contributed by atoms with Crippen LogP contribution < -0.4 is 16.6 Å². The lowest BCUT2D eigenvalue weighted by Gasteiger charge is -2.07. The number of nitrogens with two attached hydrogens (primary N) is 1. The molecule has 6 nitrogen and oxygen atoms in total. The first-order valence-corrected chi connectivity index (χ1v) is 4.16. The second kappa shape index (κ2) is 3.91. The number of rotatable bonds is 2. The summed E-state index contributed by atoms with van der Waals surface area (Å²) in [4.78, 5) is 28.5. The molecule has 0 aliphatic heterocycles. The van der Waals surface area contributed by atoms with E-state index in [0.29, 0.717) is 0 Å². The van der Waals surface area contributed by atoms with E-state index in [2.05, 4.69) is 15.3 Å². The molecule has 6 heteroatoms. The molecular formula is C8H12N4O2. The lowest BCUT2D eigenvalue weighted by atomic mass is 10.2. The third kappa shape index (κ3) is 2.09. The summed E-state index contributed by atoms with van der Waals surface area (Å²) in [5.74, 6) is -0.466. The average molecular weight is 196 g/mol. The van der Waals surface area contributed by atoms with Crippen LogP contribution in [0.15, 0.2) is 11.1 Å². The smallest absolute Gasteiger partial charge is 0.276 e. The maximum Gasteiger partial charge on any atom is 0.276 e. The van der Waals surface area contributed by atoms with Gasteiger partial charge in [-0.1, -0.05) is 13.8 Å². The molecule has 0 atom stereocenters. The minimum absolute atomic E-state index is 0.00574. The van der Waals surface area contributed by atoms with Gasteiger partial charge >= 0.3 is 0 Å². The number of nitrogens with zero attached hydrogens (tertiary/aromatic N) is 1. The highest BCUT2D eigenvalue weighted by molar-refractivity contribution is 5.93. The maximum absolute atomic E-state index is 11.3. The van der Waals surface area contributed by atoms with Gasteiger partial charge in [0.15, 0.2) is 5.82 Å². The fraction of sp³-hybridized carbons (Fsp3) is 0.375. The molecule has 0 unspecified atom stereocenters. The number of nitrogen functional groups attached to an aromatic ring is 1. The number of hydrogen-bond acceptors (Lipinski definition) is 4. The van der Waals surface area contributed by atoms with Gasteiger partial charge in [-0.3, -0.25) is 9.59 Å². The number of nitrogens with one attached hydrogen (secondary N) is 2. The third-order valence-electron chi connectivity index (χ3n) is 1.66. The van der Waals surface area contributed by atoms with Crippen molar-refractivity contribution in [2.24, 2.45) is 5.92 Å². The molecule has 0 fully saturated rings. The van der Waals surface area contributed by atoms with Crippen LogP contribution in [0.1, 0.15) is 13.8 Å². The topological polar surface area (TPSA) is 101 Å². The van der Waals surface area contributed by atoms with Gasteiger partial charge in [0, 0.05) is 5.92 Å². The largest absolute Gasteiger partial charge is 0.382 e. The predicted molar refractivity (Wildman–Crippen MR) is 52.7 cm³/mol. The Balaban J connectivity index is 2.97. The van der Waals surface area contributed by atoms with Gasteiger partial charge in [0.1, 0.15) is 5.69 Å². The van der Waals surface area contributed by atoms with Crippen LogP contribution in [-0.2, 0) is 4.79 Å². The summed E-state index contributed by atoms with van der Waals surface area (Å²) in [5, 5.41) is 2.41. The standard InChI is InChI=1S/C8H12N4O2/c1-4(2)7(13)12-5-6(9)10-3-11-8(5)14/h3-4H,1-2H3,(H,12,13)(H3,9,10,11,14). The van der Waals surface area contributed by atoms with Crippen molar-refractivity contribution >= 4 is 17.4 Å². The van der Waals surface area contributed by atoms with Crippen molar-refractivity contribution in [1.82, 2.24) is 9.97 Å². The van der Waals surface area contributed by atoms with Crippen LogP contribution in [0.4, 0.5) is 11.5 Å². The van der Waals surface area contributed by atoms with Crippen LogP contribution in [-0.4, -0.2) is 15.9 Å². The van der Waals surface area contributed by atoms with Crippen LogP contribution in [0.2, 0.25) is 0 Å². The minimum atomic E-state index is -0.452. The number of carbonyl (C=O) groups is 1. The Labute approximate surface area is 80.5 Å². The fourth-order valence-electron chi connectivity index (χ4n) is 0.802. The normalized spacial score (nSPS) is 10.2. The van der Waals surface area contributed by atoms with Crippen LogP contribution >= 0.6 is 0 Å². The first-order valence-electron chi connectivity index (χ1n) is 4.16. The molecule has 0 radical (unpaired) electrons. The molecule has 1 rings (SSSR count). The van der Waals surface area contributed by atoms with E-state index >= 15 is 0 Å². The second-order valence-corrected chi connectivity index (χ2v) is 3.14. The highest BCUT2D eigenvalue weighted by Gasteiger charge is 2.12. The molecule has 4 N–H and O–H groups in total. The van der Waals surface area contributed by atoms with Crippen molar-refractivity contribution in [3.63, 3.8) is 0 Å². The summed E-state index contributed by atoms with van der Waals surface area (Å²) in [6, 6.07) is 0. The van der Waals surface area contributed by atoms with Crippen LogP contribution in [0.25, 0.3) is 0 Å². The lowest BCUT2D eigenvalue weighted by Crippen LogP contribution is -2.24. The number of H-pyrrole nitrogens is 1. The van der Waals surface area contributed by atoms with Crippen molar-refractivity contribution in [3.8, 4) is 0 Å². The number of amides is 1. The van der Waals surface area contributed by atoms with E-state index in [4.69, 9.17) is 5.73 Å². The molecule has 0 saturated carbocycles. The summed E-state index contributed by atoms with van der Waals surface area (Å²) in [6.45, 7) is 3.44. The van der Waals surface area contributed by atoms with Gasteiger partial charge < -0.3 is 16.0 Å². The summed E-state index contributed by atoms with van der Waals surface area (Å²) in [6.07, 6.45) is 1.18. The van der Waals surface area contributed by atoms with E-state index in [-0.39, 0.29) is 23.3 Å². The Morgan fingerprint density at radius 1 is 1.64 bits per heavy atom. The van der Waals surface area contributed by atoms with E-state index < -0.39 is 5.56 Å². The van der Waals surface area contributed by atoms with Crippen molar-refractivity contribution < 1.29 is 4.79 Å². The quantitative estimate of drug-likeness (QED) is 0.617. The molecular weight excluding hydrogens is 184 g/mol. The van der Waals surface area contributed by atoms with Gasteiger partial charge in [0.25, 0.3) is 5.56 Å². The highest BCUT2D eigenvalue weighted by Crippen LogP contribution is 2.08. The number of carbonyl (C=O) groups excluding carboxylic acids is 1. The monoisotopic (exact) mass is 196 g/mol. The van der Waals surface area contributed by atoms with Gasteiger partial charge in [0.2, 0.25) is 5.91 Å². The fourth-order valence-corrected chi connectivity index (χ4v) is 0.802. The van der Waals surface area contributed by atoms with E-state index in [9.17, 15) is 9.59 Å². The SMILES string of the molecule is CC(C)C(=O)Nc1c(N)nc[nH]c1=O. The van der Waals surface area contributed by atoms with Crippen molar-refractivity contribution in [2.75, 3.05) is 11.1 Å². The zero-order chi connectivity index (χ0) is 10.7. The first kappa shape index (κ1) is 10.2. The molecule has 0 aliphatic carbocycles. The van der Waals surface area contributed by atoms with Gasteiger partial charge in [0.05, 0.1) is 6.33 Å². The zero-order valence-electron chi connectivity index (χ0n) is 8.00. The third-order valence-corrected chi connectivity index (χ3v) is 1.66.